The van der Waals surface area contributed by atoms with Crippen LogP contribution in [0.15, 0.2) is 51.7 Å². The molecular formula is C20H21NO4. The predicted octanol–water partition coefficient (Wildman–Crippen LogP) is 3.36. The molecule has 0 aliphatic carbocycles. The van der Waals surface area contributed by atoms with Crippen LogP contribution < -0.4 is 15.7 Å². The monoisotopic (exact) mass is 339 g/mol. The lowest BCUT2D eigenvalue weighted by Gasteiger charge is -2.10. The Kier molecular flexibility index (Phi) is 5.05. The molecule has 0 saturated carbocycles. The van der Waals surface area contributed by atoms with Gasteiger partial charge in [-0.15, -0.1) is 0 Å². The Morgan fingerprint density at radius 1 is 1.12 bits per heavy atom. The van der Waals surface area contributed by atoms with E-state index in [2.05, 4.69) is 5.32 Å². The molecule has 2 N–H and O–H groups in total. The summed E-state index contributed by atoms with van der Waals surface area (Å²) in [4.78, 5) is 11.8. The van der Waals surface area contributed by atoms with Crippen molar-refractivity contribution >= 4 is 11.0 Å². The highest BCUT2D eigenvalue weighted by molar-refractivity contribution is 5.82. The van der Waals surface area contributed by atoms with Crippen LogP contribution in [0.4, 0.5) is 0 Å². The van der Waals surface area contributed by atoms with Crippen molar-refractivity contribution < 1.29 is 14.3 Å². The highest BCUT2D eigenvalue weighted by Gasteiger charge is 2.10. The van der Waals surface area contributed by atoms with E-state index in [0.717, 1.165) is 27.8 Å². The topological polar surface area (TPSA) is 71.7 Å². The number of phenols is 1. The normalized spacial score (nSPS) is 11.0. The van der Waals surface area contributed by atoms with Gasteiger partial charge < -0.3 is 19.6 Å². The number of aromatic hydroxyl groups is 1. The van der Waals surface area contributed by atoms with Gasteiger partial charge in [-0.2, -0.15) is 0 Å². The predicted molar refractivity (Wildman–Crippen MR) is 97.1 cm³/mol. The lowest BCUT2D eigenvalue weighted by molar-refractivity contribution is 0.414. The molecule has 0 aliphatic heterocycles. The smallest absolute Gasteiger partial charge is 0.336 e. The van der Waals surface area contributed by atoms with Crippen molar-refractivity contribution in [3.63, 3.8) is 0 Å². The van der Waals surface area contributed by atoms with E-state index in [1.165, 1.54) is 12.1 Å². The number of hydrogen-bond acceptors (Lipinski definition) is 5. The molecule has 0 amide bonds. The first-order chi connectivity index (χ1) is 12.1. The van der Waals surface area contributed by atoms with Crippen LogP contribution in [0.25, 0.3) is 11.0 Å². The quantitative estimate of drug-likeness (QED) is 0.674. The Hall–Kier alpha value is -2.79. The minimum atomic E-state index is -0.422. The second-order valence-corrected chi connectivity index (χ2v) is 5.88. The standard InChI is InChI=1S/C20H21NO4/c1-3-14-8-17-15(9-20(23)25-19(17)10-18(14)22)12-21-11-13-5-4-6-16(7-13)24-2/h4-10,21-22H,3,11-12H2,1-2H3. The van der Waals surface area contributed by atoms with E-state index in [0.29, 0.717) is 25.1 Å². The molecule has 0 unspecified atom stereocenters. The minimum Gasteiger partial charge on any atom is -0.508 e. The number of ether oxygens (including phenoxy) is 1. The molecule has 2 aromatic carbocycles. The van der Waals surface area contributed by atoms with Crippen LogP contribution in [0.3, 0.4) is 0 Å². The Bertz CT molecular complexity index is 946. The summed E-state index contributed by atoms with van der Waals surface area (Å²) in [5.41, 5.74) is 2.76. The Labute approximate surface area is 145 Å². The molecule has 0 saturated heterocycles. The molecule has 1 aromatic heterocycles. The molecule has 130 valence electrons. The number of methoxy groups -OCH3 is 1. The zero-order valence-corrected chi connectivity index (χ0v) is 14.3. The van der Waals surface area contributed by atoms with E-state index in [1.54, 1.807) is 7.11 Å². The van der Waals surface area contributed by atoms with Crippen molar-refractivity contribution in [2.75, 3.05) is 7.11 Å². The molecule has 3 aromatic rings. The number of fused-ring (bicyclic) bond motifs is 1. The summed E-state index contributed by atoms with van der Waals surface area (Å²) in [6.45, 7) is 3.14. The maximum Gasteiger partial charge on any atom is 0.336 e. The molecule has 0 spiro atoms. The Morgan fingerprint density at radius 2 is 1.96 bits per heavy atom. The van der Waals surface area contributed by atoms with Gasteiger partial charge in [0, 0.05) is 30.6 Å². The lowest BCUT2D eigenvalue weighted by atomic mass is 10.0. The summed E-state index contributed by atoms with van der Waals surface area (Å²) in [5, 5.41) is 14.2. The van der Waals surface area contributed by atoms with E-state index in [-0.39, 0.29) is 5.75 Å². The van der Waals surface area contributed by atoms with Gasteiger partial charge in [0.1, 0.15) is 17.1 Å². The number of aryl methyl sites for hydroxylation is 1. The molecule has 5 nitrogen and oxygen atoms in total. The van der Waals surface area contributed by atoms with Crippen molar-refractivity contribution in [2.45, 2.75) is 26.4 Å². The van der Waals surface area contributed by atoms with Crippen LogP contribution in [0.1, 0.15) is 23.6 Å². The molecular weight excluding hydrogens is 318 g/mol. The first-order valence-electron chi connectivity index (χ1n) is 8.23. The van der Waals surface area contributed by atoms with Gasteiger partial charge in [-0.3, -0.25) is 0 Å². The third-order valence-electron chi connectivity index (χ3n) is 4.19. The third-order valence-corrected chi connectivity index (χ3v) is 4.19. The molecule has 1 heterocycles. The van der Waals surface area contributed by atoms with Gasteiger partial charge >= 0.3 is 5.63 Å². The highest BCUT2D eigenvalue weighted by Crippen LogP contribution is 2.27. The summed E-state index contributed by atoms with van der Waals surface area (Å²) < 4.78 is 10.4. The van der Waals surface area contributed by atoms with E-state index < -0.39 is 5.63 Å². The fraction of sp³-hybridized carbons (Fsp3) is 0.250. The molecule has 3 rings (SSSR count). The number of hydrogen-bond donors (Lipinski definition) is 2. The van der Waals surface area contributed by atoms with Gasteiger partial charge in [0.25, 0.3) is 0 Å². The first-order valence-corrected chi connectivity index (χ1v) is 8.23. The SMILES string of the molecule is CCc1cc2c(CNCc3cccc(OC)c3)cc(=O)oc2cc1O. The third kappa shape index (κ3) is 3.83. The van der Waals surface area contributed by atoms with Gasteiger partial charge in [-0.05, 0) is 41.3 Å². The summed E-state index contributed by atoms with van der Waals surface area (Å²) in [7, 11) is 1.64. The largest absolute Gasteiger partial charge is 0.508 e. The lowest BCUT2D eigenvalue weighted by Crippen LogP contribution is -2.14. The zero-order valence-electron chi connectivity index (χ0n) is 14.3. The maximum absolute atomic E-state index is 11.8. The summed E-state index contributed by atoms with van der Waals surface area (Å²) >= 11 is 0. The average Bonchev–Trinajstić information content (AvgIpc) is 2.61. The minimum absolute atomic E-state index is 0.152. The molecule has 0 atom stereocenters. The molecule has 0 bridgehead atoms. The fourth-order valence-electron chi connectivity index (χ4n) is 2.86. The van der Waals surface area contributed by atoms with Gasteiger partial charge in [0.2, 0.25) is 0 Å². The van der Waals surface area contributed by atoms with Gasteiger partial charge in [0.05, 0.1) is 7.11 Å². The Morgan fingerprint density at radius 3 is 2.72 bits per heavy atom. The van der Waals surface area contributed by atoms with E-state index in [9.17, 15) is 9.90 Å². The average molecular weight is 339 g/mol. The Balaban J connectivity index is 1.84. The second kappa shape index (κ2) is 7.40. The van der Waals surface area contributed by atoms with E-state index in [1.807, 2.05) is 37.3 Å². The number of phenolic OH excluding ortho intramolecular Hbond substituents is 1. The van der Waals surface area contributed by atoms with E-state index in [4.69, 9.17) is 9.15 Å². The molecule has 5 heteroatoms. The van der Waals surface area contributed by atoms with Crippen molar-refractivity contribution in [1.29, 1.82) is 0 Å². The van der Waals surface area contributed by atoms with Crippen molar-refractivity contribution in [3.8, 4) is 11.5 Å². The summed E-state index contributed by atoms with van der Waals surface area (Å²) in [6.07, 6.45) is 0.706. The van der Waals surface area contributed by atoms with Gasteiger partial charge in [0.15, 0.2) is 0 Å². The van der Waals surface area contributed by atoms with Crippen LogP contribution in [-0.2, 0) is 19.5 Å². The number of rotatable bonds is 6. The second-order valence-electron chi connectivity index (χ2n) is 5.88. The van der Waals surface area contributed by atoms with Crippen molar-refractivity contribution in [1.82, 2.24) is 5.32 Å². The highest BCUT2D eigenvalue weighted by atomic mass is 16.5. The zero-order chi connectivity index (χ0) is 17.8. The van der Waals surface area contributed by atoms with Crippen LogP contribution in [-0.4, -0.2) is 12.2 Å². The maximum atomic E-state index is 11.8. The van der Waals surface area contributed by atoms with Gasteiger partial charge in [-0.1, -0.05) is 19.1 Å². The molecule has 0 fully saturated rings. The first kappa shape index (κ1) is 17.0. The van der Waals surface area contributed by atoms with Crippen molar-refractivity contribution in [3.05, 3.63) is 69.6 Å². The van der Waals surface area contributed by atoms with E-state index >= 15 is 0 Å². The number of benzene rings is 2. The fourth-order valence-corrected chi connectivity index (χ4v) is 2.86. The summed E-state index contributed by atoms with van der Waals surface area (Å²) in [5.74, 6) is 0.966. The molecule has 25 heavy (non-hydrogen) atoms. The summed E-state index contributed by atoms with van der Waals surface area (Å²) in [6, 6.07) is 12.7. The van der Waals surface area contributed by atoms with Crippen LogP contribution in [0.2, 0.25) is 0 Å². The van der Waals surface area contributed by atoms with Crippen molar-refractivity contribution in [2.24, 2.45) is 0 Å². The van der Waals surface area contributed by atoms with Crippen LogP contribution in [0.5, 0.6) is 11.5 Å². The molecule has 0 aliphatic rings. The number of nitrogens with one attached hydrogen (secondary N) is 1. The van der Waals surface area contributed by atoms with Crippen LogP contribution in [0, 0.1) is 0 Å². The van der Waals surface area contributed by atoms with Gasteiger partial charge in [-0.25, -0.2) is 4.79 Å². The van der Waals surface area contributed by atoms with Crippen LogP contribution >= 0.6 is 0 Å². The molecule has 0 radical (unpaired) electrons.